The Balaban J connectivity index is 2.06. The molecule has 0 saturated carbocycles. The predicted molar refractivity (Wildman–Crippen MR) is 88.8 cm³/mol. The topological polar surface area (TPSA) is 32.3 Å². The van der Waals surface area contributed by atoms with Crippen LogP contribution in [0.5, 0.6) is 0 Å². The Morgan fingerprint density at radius 3 is 2.48 bits per heavy atom. The minimum atomic E-state index is 0.764. The highest BCUT2D eigenvalue weighted by Crippen LogP contribution is 2.15. The Morgan fingerprint density at radius 1 is 1.00 bits per heavy atom. The van der Waals surface area contributed by atoms with Crippen LogP contribution >= 0.6 is 0 Å². The Morgan fingerprint density at radius 2 is 1.76 bits per heavy atom. The van der Waals surface area contributed by atoms with E-state index in [2.05, 4.69) is 58.0 Å². The van der Waals surface area contributed by atoms with Gasteiger partial charge in [-0.3, -0.25) is 0 Å². The van der Waals surface area contributed by atoms with Crippen molar-refractivity contribution in [1.82, 2.24) is 9.97 Å². The zero-order valence-corrected chi connectivity index (χ0v) is 13.2. The van der Waals surface area contributed by atoms with E-state index in [1.165, 1.54) is 18.4 Å². The second-order valence-corrected chi connectivity index (χ2v) is 5.33. The first-order valence-corrected chi connectivity index (χ1v) is 7.50. The van der Waals surface area contributed by atoms with Gasteiger partial charge in [-0.2, -0.15) is 4.98 Å². The Labute approximate surface area is 127 Å². The molecule has 1 aromatic carbocycles. The summed E-state index contributed by atoms with van der Waals surface area (Å²) in [7, 11) is 4.11. The van der Waals surface area contributed by atoms with Crippen molar-refractivity contribution in [2.75, 3.05) is 30.4 Å². The van der Waals surface area contributed by atoms with Gasteiger partial charge in [-0.15, -0.1) is 0 Å². The summed E-state index contributed by atoms with van der Waals surface area (Å²) < 4.78 is 0. The zero-order valence-electron chi connectivity index (χ0n) is 13.2. The van der Waals surface area contributed by atoms with E-state index in [0.717, 1.165) is 24.9 Å². The van der Waals surface area contributed by atoms with Gasteiger partial charge in [0.15, 0.2) is 0 Å². The molecule has 0 saturated heterocycles. The molecule has 0 N–H and O–H groups in total. The van der Waals surface area contributed by atoms with Crippen molar-refractivity contribution in [3.05, 3.63) is 48.2 Å². The van der Waals surface area contributed by atoms with Crippen LogP contribution in [0, 0.1) is 0 Å². The number of rotatable bonds is 7. The van der Waals surface area contributed by atoms with E-state index in [4.69, 9.17) is 0 Å². The first-order valence-electron chi connectivity index (χ1n) is 7.50. The number of anilines is 2. The zero-order chi connectivity index (χ0) is 15.1. The van der Waals surface area contributed by atoms with Crippen LogP contribution in [0.4, 0.5) is 11.8 Å². The lowest BCUT2D eigenvalue weighted by molar-refractivity contribution is 0.755. The molecule has 21 heavy (non-hydrogen) atoms. The summed E-state index contributed by atoms with van der Waals surface area (Å²) in [5.41, 5.74) is 1.26. The molecule has 112 valence electrons. The molecule has 0 atom stereocenters. The van der Waals surface area contributed by atoms with Crippen LogP contribution in [-0.4, -0.2) is 30.6 Å². The second kappa shape index (κ2) is 7.62. The fourth-order valence-electron chi connectivity index (χ4n) is 2.17. The van der Waals surface area contributed by atoms with Crippen LogP contribution in [0.15, 0.2) is 42.6 Å². The van der Waals surface area contributed by atoms with Gasteiger partial charge in [-0.1, -0.05) is 43.7 Å². The first-order chi connectivity index (χ1) is 10.2. The molecule has 2 rings (SSSR count). The van der Waals surface area contributed by atoms with Crippen molar-refractivity contribution >= 4 is 11.8 Å². The van der Waals surface area contributed by atoms with Crippen LogP contribution in [0.25, 0.3) is 0 Å². The Bertz CT molecular complexity index is 541. The third-order valence-corrected chi connectivity index (χ3v) is 3.47. The molecule has 0 unspecified atom stereocenters. The van der Waals surface area contributed by atoms with Gasteiger partial charge in [0.05, 0.1) is 0 Å². The molecule has 4 heteroatoms. The van der Waals surface area contributed by atoms with Gasteiger partial charge >= 0.3 is 0 Å². The Kier molecular flexibility index (Phi) is 5.55. The van der Waals surface area contributed by atoms with Crippen molar-refractivity contribution in [3.63, 3.8) is 0 Å². The summed E-state index contributed by atoms with van der Waals surface area (Å²) in [6.45, 7) is 4.03. The summed E-state index contributed by atoms with van der Waals surface area (Å²) in [5, 5.41) is 0. The summed E-state index contributed by atoms with van der Waals surface area (Å²) in [5.74, 6) is 1.74. The van der Waals surface area contributed by atoms with Gasteiger partial charge in [-0.05, 0) is 18.1 Å². The molecular formula is C17H24N4. The maximum Gasteiger partial charge on any atom is 0.227 e. The molecule has 0 bridgehead atoms. The molecule has 0 fully saturated rings. The molecule has 4 nitrogen and oxygen atoms in total. The Hall–Kier alpha value is -2.10. The SMILES string of the molecule is CCCCN(C)c1ccnc(N(C)Cc2ccccc2)n1. The van der Waals surface area contributed by atoms with Crippen molar-refractivity contribution in [2.45, 2.75) is 26.3 Å². The number of aromatic nitrogens is 2. The van der Waals surface area contributed by atoms with E-state index < -0.39 is 0 Å². The number of unbranched alkanes of at least 4 members (excludes halogenated alkanes) is 1. The average molecular weight is 284 g/mol. The van der Waals surface area contributed by atoms with Crippen LogP contribution in [-0.2, 0) is 6.54 Å². The second-order valence-electron chi connectivity index (χ2n) is 5.33. The van der Waals surface area contributed by atoms with Gasteiger partial charge in [0.25, 0.3) is 0 Å². The van der Waals surface area contributed by atoms with Crippen LogP contribution in [0.1, 0.15) is 25.3 Å². The molecule has 0 aliphatic carbocycles. The van der Waals surface area contributed by atoms with Crippen molar-refractivity contribution in [1.29, 1.82) is 0 Å². The lowest BCUT2D eigenvalue weighted by Crippen LogP contribution is -2.23. The van der Waals surface area contributed by atoms with E-state index in [1.807, 2.05) is 25.4 Å². The molecular weight excluding hydrogens is 260 g/mol. The van der Waals surface area contributed by atoms with Gasteiger partial charge in [0, 0.05) is 33.4 Å². The molecule has 2 aromatic rings. The molecule has 0 spiro atoms. The van der Waals surface area contributed by atoms with E-state index in [1.54, 1.807) is 0 Å². The third-order valence-electron chi connectivity index (χ3n) is 3.47. The number of hydrogen-bond donors (Lipinski definition) is 0. The fourth-order valence-corrected chi connectivity index (χ4v) is 2.17. The highest BCUT2D eigenvalue weighted by atomic mass is 15.3. The summed E-state index contributed by atoms with van der Waals surface area (Å²) in [4.78, 5) is 13.3. The van der Waals surface area contributed by atoms with Crippen molar-refractivity contribution in [3.8, 4) is 0 Å². The minimum Gasteiger partial charge on any atom is -0.360 e. The predicted octanol–water partition coefficient (Wildman–Crippen LogP) is 3.35. The van der Waals surface area contributed by atoms with E-state index in [0.29, 0.717) is 0 Å². The number of hydrogen-bond acceptors (Lipinski definition) is 4. The quantitative estimate of drug-likeness (QED) is 0.780. The van der Waals surface area contributed by atoms with Crippen LogP contribution < -0.4 is 9.80 Å². The third kappa shape index (κ3) is 4.45. The smallest absolute Gasteiger partial charge is 0.227 e. The van der Waals surface area contributed by atoms with Crippen molar-refractivity contribution in [2.24, 2.45) is 0 Å². The largest absolute Gasteiger partial charge is 0.360 e. The average Bonchev–Trinajstić information content (AvgIpc) is 2.53. The highest BCUT2D eigenvalue weighted by molar-refractivity contribution is 5.43. The maximum absolute atomic E-state index is 4.66. The molecule has 0 radical (unpaired) electrons. The van der Waals surface area contributed by atoms with E-state index >= 15 is 0 Å². The van der Waals surface area contributed by atoms with Crippen molar-refractivity contribution < 1.29 is 0 Å². The lowest BCUT2D eigenvalue weighted by atomic mass is 10.2. The number of benzene rings is 1. The standard InChI is InChI=1S/C17H24N4/c1-4-5-13-20(2)16-11-12-18-17(19-16)21(3)14-15-9-7-6-8-10-15/h6-12H,4-5,13-14H2,1-3H3. The van der Waals surface area contributed by atoms with Gasteiger partial charge in [0.1, 0.15) is 5.82 Å². The minimum absolute atomic E-state index is 0.764. The fraction of sp³-hybridized carbons (Fsp3) is 0.412. The van der Waals surface area contributed by atoms with E-state index in [9.17, 15) is 0 Å². The van der Waals surface area contributed by atoms with E-state index in [-0.39, 0.29) is 0 Å². The number of nitrogens with zero attached hydrogens (tertiary/aromatic N) is 4. The molecule has 0 aliphatic heterocycles. The van der Waals surface area contributed by atoms with Crippen LogP contribution in [0.2, 0.25) is 0 Å². The molecule has 0 amide bonds. The summed E-state index contributed by atoms with van der Waals surface area (Å²) >= 11 is 0. The first kappa shape index (κ1) is 15.3. The van der Waals surface area contributed by atoms with Crippen LogP contribution in [0.3, 0.4) is 0 Å². The monoisotopic (exact) mass is 284 g/mol. The highest BCUT2D eigenvalue weighted by Gasteiger charge is 2.08. The molecule has 0 aliphatic rings. The van der Waals surface area contributed by atoms with Gasteiger partial charge in [-0.25, -0.2) is 4.98 Å². The summed E-state index contributed by atoms with van der Waals surface area (Å²) in [6.07, 6.45) is 4.20. The summed E-state index contributed by atoms with van der Waals surface area (Å²) in [6, 6.07) is 12.3. The van der Waals surface area contributed by atoms with Gasteiger partial charge in [0.2, 0.25) is 5.95 Å². The van der Waals surface area contributed by atoms with Gasteiger partial charge < -0.3 is 9.80 Å². The molecule has 1 aromatic heterocycles. The lowest BCUT2D eigenvalue weighted by Gasteiger charge is -2.21. The maximum atomic E-state index is 4.66. The normalized spacial score (nSPS) is 10.4. The molecule has 1 heterocycles.